The Bertz CT molecular complexity index is 962. The van der Waals surface area contributed by atoms with Crippen LogP contribution in [0.1, 0.15) is 22.8 Å². The maximum atomic E-state index is 13.8. The summed E-state index contributed by atoms with van der Waals surface area (Å²) in [5.74, 6) is -3.33. The Morgan fingerprint density at radius 2 is 1.78 bits per heavy atom. The first-order valence-electron chi connectivity index (χ1n) is 7.63. The van der Waals surface area contributed by atoms with Crippen molar-refractivity contribution in [1.82, 2.24) is 5.32 Å². The second-order valence-corrected chi connectivity index (χ2v) is 7.14. The minimum absolute atomic E-state index is 0.0657. The number of primary sulfonamides is 1. The van der Waals surface area contributed by atoms with Gasteiger partial charge in [-0.25, -0.2) is 27.1 Å². The Labute approximate surface area is 154 Å². The molecule has 0 bridgehead atoms. The van der Waals surface area contributed by atoms with Gasteiger partial charge in [-0.3, -0.25) is 4.79 Å². The maximum Gasteiger partial charge on any atom is 0.341 e. The lowest BCUT2D eigenvalue weighted by Gasteiger charge is -2.14. The number of hydrogen-bond acceptors (Lipinski definition) is 5. The van der Waals surface area contributed by atoms with Crippen LogP contribution >= 0.6 is 0 Å². The van der Waals surface area contributed by atoms with E-state index in [9.17, 15) is 26.8 Å². The Balaban J connectivity index is 2.02. The van der Waals surface area contributed by atoms with Gasteiger partial charge >= 0.3 is 5.97 Å². The van der Waals surface area contributed by atoms with Crippen LogP contribution in [0.4, 0.5) is 8.78 Å². The molecular weight excluding hydrogens is 382 g/mol. The van der Waals surface area contributed by atoms with Gasteiger partial charge in [-0.1, -0.05) is 12.1 Å². The molecule has 0 aliphatic rings. The molecule has 0 saturated heterocycles. The first kappa shape index (κ1) is 20.5. The summed E-state index contributed by atoms with van der Waals surface area (Å²) in [5.41, 5.74) is -0.0464. The van der Waals surface area contributed by atoms with Crippen molar-refractivity contribution in [2.45, 2.75) is 24.5 Å². The molecule has 1 amide bonds. The van der Waals surface area contributed by atoms with Gasteiger partial charge in [0.05, 0.1) is 10.5 Å². The Morgan fingerprint density at radius 1 is 1.15 bits per heavy atom. The highest BCUT2D eigenvalue weighted by molar-refractivity contribution is 7.89. The summed E-state index contributed by atoms with van der Waals surface area (Å²) in [7, 11) is -4.14. The standard InChI is InChI=1S/C17H16F2N2O5S/c1-10(16(22)21-9-11-2-4-12(18)5-3-11)26-17(23)14-8-13(27(20,24)25)6-7-15(14)19/h2-8,10H,9H2,1H3,(H,21,22)(H2,20,24,25)/t10-/m1/s1. The van der Waals surface area contributed by atoms with Crippen molar-refractivity contribution < 1.29 is 31.5 Å². The molecule has 0 radical (unpaired) electrons. The summed E-state index contributed by atoms with van der Waals surface area (Å²) in [4.78, 5) is 23.6. The lowest BCUT2D eigenvalue weighted by atomic mass is 10.2. The summed E-state index contributed by atoms with van der Waals surface area (Å²) >= 11 is 0. The SMILES string of the molecule is C[C@@H](OC(=O)c1cc(S(N)(=O)=O)ccc1F)C(=O)NCc1ccc(F)cc1. The van der Waals surface area contributed by atoms with Crippen LogP contribution in [-0.2, 0) is 26.1 Å². The fraction of sp³-hybridized carbons (Fsp3) is 0.176. The molecule has 0 aliphatic heterocycles. The third-order valence-corrected chi connectivity index (χ3v) is 4.43. The van der Waals surface area contributed by atoms with E-state index in [4.69, 9.17) is 9.88 Å². The topological polar surface area (TPSA) is 116 Å². The van der Waals surface area contributed by atoms with Crippen molar-refractivity contribution in [2.75, 3.05) is 0 Å². The average molecular weight is 398 g/mol. The normalized spacial score (nSPS) is 12.3. The zero-order chi connectivity index (χ0) is 20.2. The minimum atomic E-state index is -4.14. The highest BCUT2D eigenvalue weighted by Gasteiger charge is 2.23. The lowest BCUT2D eigenvalue weighted by molar-refractivity contribution is -0.129. The molecule has 2 aromatic rings. The fourth-order valence-corrected chi connectivity index (χ4v) is 2.59. The van der Waals surface area contributed by atoms with Gasteiger partial charge in [0, 0.05) is 6.54 Å². The fourth-order valence-electron chi connectivity index (χ4n) is 2.05. The number of hydrogen-bond donors (Lipinski definition) is 2. The first-order valence-corrected chi connectivity index (χ1v) is 9.18. The molecule has 0 fully saturated rings. The van der Waals surface area contributed by atoms with Gasteiger partial charge in [0.15, 0.2) is 6.10 Å². The Hall–Kier alpha value is -2.85. The minimum Gasteiger partial charge on any atom is -0.449 e. The molecule has 2 aromatic carbocycles. The van der Waals surface area contributed by atoms with Crippen molar-refractivity contribution in [1.29, 1.82) is 0 Å². The van der Waals surface area contributed by atoms with E-state index >= 15 is 0 Å². The number of amides is 1. The molecular formula is C17H16F2N2O5S. The number of rotatable bonds is 6. The van der Waals surface area contributed by atoms with E-state index in [1.165, 1.54) is 31.2 Å². The van der Waals surface area contributed by atoms with E-state index in [1.807, 2.05) is 0 Å². The molecule has 1 atom stereocenters. The molecule has 27 heavy (non-hydrogen) atoms. The van der Waals surface area contributed by atoms with Gasteiger partial charge in [-0.05, 0) is 42.8 Å². The van der Waals surface area contributed by atoms with E-state index in [0.29, 0.717) is 5.56 Å². The number of carbonyl (C=O) groups is 2. The van der Waals surface area contributed by atoms with Gasteiger partial charge in [0.2, 0.25) is 10.0 Å². The number of esters is 1. The summed E-state index contributed by atoms with van der Waals surface area (Å²) in [6.07, 6.45) is -1.28. The Kier molecular flexibility index (Phi) is 6.24. The number of benzene rings is 2. The number of halogens is 2. The molecule has 0 aliphatic carbocycles. The molecule has 3 N–H and O–H groups in total. The third kappa shape index (κ3) is 5.56. The number of sulfonamides is 1. The molecule has 0 aromatic heterocycles. The molecule has 0 unspecified atom stereocenters. The molecule has 0 heterocycles. The predicted molar refractivity (Wildman–Crippen MR) is 90.9 cm³/mol. The zero-order valence-corrected chi connectivity index (χ0v) is 14.9. The van der Waals surface area contributed by atoms with Crippen LogP contribution in [0.5, 0.6) is 0 Å². The third-order valence-electron chi connectivity index (χ3n) is 3.52. The molecule has 0 saturated carbocycles. The van der Waals surface area contributed by atoms with Gasteiger partial charge < -0.3 is 10.1 Å². The Morgan fingerprint density at radius 3 is 2.37 bits per heavy atom. The van der Waals surface area contributed by atoms with Crippen LogP contribution in [-0.4, -0.2) is 26.4 Å². The summed E-state index contributed by atoms with van der Waals surface area (Å²) in [5, 5.41) is 7.42. The van der Waals surface area contributed by atoms with Crippen LogP contribution in [0.3, 0.4) is 0 Å². The van der Waals surface area contributed by atoms with Crippen molar-refractivity contribution in [2.24, 2.45) is 5.14 Å². The van der Waals surface area contributed by atoms with E-state index < -0.39 is 50.1 Å². The van der Waals surface area contributed by atoms with Gasteiger partial charge in [0.1, 0.15) is 11.6 Å². The summed E-state index contributed by atoms with van der Waals surface area (Å²) < 4.78 is 54.1. The number of carbonyl (C=O) groups excluding carboxylic acids is 2. The maximum absolute atomic E-state index is 13.8. The van der Waals surface area contributed by atoms with Gasteiger partial charge in [0.25, 0.3) is 5.91 Å². The summed E-state index contributed by atoms with van der Waals surface area (Å²) in [6, 6.07) is 7.80. The lowest BCUT2D eigenvalue weighted by Crippen LogP contribution is -2.35. The molecule has 10 heteroatoms. The van der Waals surface area contributed by atoms with Crippen molar-refractivity contribution in [3.8, 4) is 0 Å². The number of ether oxygens (including phenoxy) is 1. The first-order chi connectivity index (χ1) is 12.6. The average Bonchev–Trinajstić information content (AvgIpc) is 2.60. The van der Waals surface area contributed by atoms with Crippen molar-refractivity contribution >= 4 is 21.9 Å². The van der Waals surface area contributed by atoms with E-state index in [-0.39, 0.29) is 6.54 Å². The molecule has 144 valence electrons. The largest absolute Gasteiger partial charge is 0.449 e. The number of nitrogens with two attached hydrogens (primary N) is 1. The highest BCUT2D eigenvalue weighted by Crippen LogP contribution is 2.16. The molecule has 0 spiro atoms. The van der Waals surface area contributed by atoms with Crippen LogP contribution in [0.25, 0.3) is 0 Å². The van der Waals surface area contributed by atoms with E-state index in [1.54, 1.807) is 0 Å². The van der Waals surface area contributed by atoms with Crippen LogP contribution in [0.2, 0.25) is 0 Å². The second kappa shape index (κ2) is 8.23. The van der Waals surface area contributed by atoms with Crippen LogP contribution < -0.4 is 10.5 Å². The predicted octanol–water partition coefficient (Wildman–Crippen LogP) is 1.47. The monoisotopic (exact) mass is 398 g/mol. The van der Waals surface area contributed by atoms with Gasteiger partial charge in [-0.15, -0.1) is 0 Å². The highest BCUT2D eigenvalue weighted by atomic mass is 32.2. The van der Waals surface area contributed by atoms with Crippen molar-refractivity contribution in [3.63, 3.8) is 0 Å². The zero-order valence-electron chi connectivity index (χ0n) is 14.1. The van der Waals surface area contributed by atoms with Crippen LogP contribution in [0.15, 0.2) is 47.4 Å². The van der Waals surface area contributed by atoms with Crippen LogP contribution in [0, 0.1) is 11.6 Å². The van der Waals surface area contributed by atoms with E-state index in [0.717, 1.165) is 18.2 Å². The summed E-state index contributed by atoms with van der Waals surface area (Å²) in [6.45, 7) is 1.33. The van der Waals surface area contributed by atoms with Crippen molar-refractivity contribution in [3.05, 3.63) is 65.2 Å². The molecule has 7 nitrogen and oxygen atoms in total. The molecule has 2 rings (SSSR count). The second-order valence-electron chi connectivity index (χ2n) is 5.58. The van der Waals surface area contributed by atoms with E-state index in [2.05, 4.69) is 5.32 Å². The quantitative estimate of drug-likeness (QED) is 0.715. The van der Waals surface area contributed by atoms with Gasteiger partial charge in [-0.2, -0.15) is 0 Å². The smallest absolute Gasteiger partial charge is 0.341 e. The number of nitrogens with one attached hydrogen (secondary N) is 1.